The minimum absolute atomic E-state index is 0.810. The van der Waals surface area contributed by atoms with Crippen molar-refractivity contribution >= 4 is 11.6 Å². The molecule has 0 spiro atoms. The summed E-state index contributed by atoms with van der Waals surface area (Å²) in [5.74, 6) is 0. The Bertz CT molecular complexity index is 486. The molecule has 0 saturated heterocycles. The average Bonchev–Trinajstić information content (AvgIpc) is 2.20. The van der Waals surface area contributed by atoms with Gasteiger partial charge in [0.25, 0.3) is 0 Å². The number of rotatable bonds is 1. The summed E-state index contributed by atoms with van der Waals surface area (Å²) < 4.78 is 0. The van der Waals surface area contributed by atoms with E-state index in [0.29, 0.717) is 0 Å². The van der Waals surface area contributed by atoms with E-state index in [0.717, 1.165) is 10.6 Å². The first-order chi connectivity index (χ1) is 7.18. The highest BCUT2D eigenvalue weighted by molar-refractivity contribution is 6.33. The molecule has 0 fully saturated rings. The second kappa shape index (κ2) is 4.08. The molecule has 2 aromatic rings. The lowest BCUT2D eigenvalue weighted by atomic mass is 9.99. The summed E-state index contributed by atoms with van der Waals surface area (Å²) >= 11 is 6.17. The van der Waals surface area contributed by atoms with Gasteiger partial charge in [-0.05, 0) is 31.0 Å². The van der Waals surface area contributed by atoms with Crippen LogP contribution >= 0.6 is 11.6 Å². The van der Waals surface area contributed by atoms with Crippen molar-refractivity contribution in [1.82, 2.24) is 0 Å². The SMILES string of the molecule is Cc1ccc(-c2ccccc2Cl)c(C)c1. The molecule has 2 rings (SSSR count). The first-order valence-corrected chi connectivity index (χ1v) is 5.38. The first kappa shape index (κ1) is 10.3. The standard InChI is InChI=1S/C14H13Cl/c1-10-7-8-12(11(2)9-10)13-5-3-4-6-14(13)15/h3-9H,1-2H3. The molecule has 0 amide bonds. The van der Waals surface area contributed by atoms with Gasteiger partial charge in [-0.15, -0.1) is 0 Å². The quantitative estimate of drug-likeness (QED) is 0.652. The Hall–Kier alpha value is -1.27. The molecule has 76 valence electrons. The van der Waals surface area contributed by atoms with E-state index in [1.165, 1.54) is 16.7 Å². The summed E-state index contributed by atoms with van der Waals surface area (Å²) in [6, 6.07) is 14.4. The van der Waals surface area contributed by atoms with Gasteiger partial charge in [-0.2, -0.15) is 0 Å². The summed E-state index contributed by atoms with van der Waals surface area (Å²) in [7, 11) is 0. The molecule has 2 aromatic carbocycles. The Morgan fingerprint density at radius 1 is 0.867 bits per heavy atom. The largest absolute Gasteiger partial charge is 0.0837 e. The molecular formula is C14H13Cl. The van der Waals surface area contributed by atoms with Crippen molar-refractivity contribution in [2.24, 2.45) is 0 Å². The Balaban J connectivity index is 2.60. The highest BCUT2D eigenvalue weighted by Gasteiger charge is 2.04. The van der Waals surface area contributed by atoms with Crippen molar-refractivity contribution in [1.29, 1.82) is 0 Å². The van der Waals surface area contributed by atoms with Gasteiger partial charge in [0.05, 0.1) is 0 Å². The number of aryl methyl sites for hydroxylation is 2. The van der Waals surface area contributed by atoms with Crippen LogP contribution < -0.4 is 0 Å². The van der Waals surface area contributed by atoms with E-state index in [4.69, 9.17) is 11.6 Å². The number of benzene rings is 2. The molecule has 1 heteroatoms. The van der Waals surface area contributed by atoms with Crippen LogP contribution in [-0.2, 0) is 0 Å². The molecule has 0 aliphatic carbocycles. The van der Waals surface area contributed by atoms with Crippen LogP contribution in [0.4, 0.5) is 0 Å². The molecule has 0 heterocycles. The molecule has 0 unspecified atom stereocenters. The minimum atomic E-state index is 0.810. The zero-order valence-corrected chi connectivity index (χ0v) is 9.68. The number of hydrogen-bond acceptors (Lipinski definition) is 0. The van der Waals surface area contributed by atoms with Crippen LogP contribution in [0.25, 0.3) is 11.1 Å². The Kier molecular flexibility index (Phi) is 2.79. The van der Waals surface area contributed by atoms with Gasteiger partial charge in [0.2, 0.25) is 0 Å². The van der Waals surface area contributed by atoms with Crippen molar-refractivity contribution in [2.75, 3.05) is 0 Å². The normalized spacial score (nSPS) is 10.3. The van der Waals surface area contributed by atoms with Crippen LogP contribution in [-0.4, -0.2) is 0 Å². The molecule has 0 radical (unpaired) electrons. The van der Waals surface area contributed by atoms with E-state index in [-0.39, 0.29) is 0 Å². The fourth-order valence-corrected chi connectivity index (χ4v) is 2.03. The van der Waals surface area contributed by atoms with Crippen molar-refractivity contribution in [3.8, 4) is 11.1 Å². The molecule has 0 aliphatic heterocycles. The van der Waals surface area contributed by atoms with E-state index in [1.54, 1.807) is 0 Å². The molecule has 15 heavy (non-hydrogen) atoms. The van der Waals surface area contributed by atoms with E-state index >= 15 is 0 Å². The topological polar surface area (TPSA) is 0 Å². The van der Waals surface area contributed by atoms with Crippen molar-refractivity contribution in [3.05, 3.63) is 58.6 Å². The maximum absolute atomic E-state index is 6.17. The number of hydrogen-bond donors (Lipinski definition) is 0. The van der Waals surface area contributed by atoms with Crippen LogP contribution in [0.5, 0.6) is 0 Å². The van der Waals surface area contributed by atoms with Crippen LogP contribution in [0, 0.1) is 13.8 Å². The first-order valence-electron chi connectivity index (χ1n) is 5.00. The fraction of sp³-hybridized carbons (Fsp3) is 0.143. The predicted molar refractivity (Wildman–Crippen MR) is 66.4 cm³/mol. The lowest BCUT2D eigenvalue weighted by Gasteiger charge is -2.08. The maximum Gasteiger partial charge on any atom is 0.0484 e. The zero-order chi connectivity index (χ0) is 10.8. The fourth-order valence-electron chi connectivity index (χ4n) is 1.80. The third kappa shape index (κ3) is 2.05. The molecule has 0 atom stereocenters. The summed E-state index contributed by atoms with van der Waals surface area (Å²) in [5.41, 5.74) is 4.87. The number of halogens is 1. The van der Waals surface area contributed by atoms with Crippen LogP contribution in [0.3, 0.4) is 0 Å². The van der Waals surface area contributed by atoms with Crippen molar-refractivity contribution in [2.45, 2.75) is 13.8 Å². The van der Waals surface area contributed by atoms with E-state index in [2.05, 4.69) is 38.1 Å². The predicted octanol–water partition coefficient (Wildman–Crippen LogP) is 4.62. The zero-order valence-electron chi connectivity index (χ0n) is 8.92. The molecule has 0 aliphatic rings. The lowest BCUT2D eigenvalue weighted by molar-refractivity contribution is 1.38. The summed E-state index contributed by atoms with van der Waals surface area (Å²) in [6.07, 6.45) is 0. The summed E-state index contributed by atoms with van der Waals surface area (Å²) in [6.45, 7) is 4.22. The van der Waals surface area contributed by atoms with Gasteiger partial charge in [0.15, 0.2) is 0 Å². The Morgan fingerprint density at radius 3 is 2.27 bits per heavy atom. The highest BCUT2D eigenvalue weighted by atomic mass is 35.5. The minimum Gasteiger partial charge on any atom is -0.0837 e. The monoisotopic (exact) mass is 216 g/mol. The summed E-state index contributed by atoms with van der Waals surface area (Å²) in [5, 5.41) is 0.810. The van der Waals surface area contributed by atoms with Gasteiger partial charge >= 0.3 is 0 Å². The van der Waals surface area contributed by atoms with Gasteiger partial charge in [0, 0.05) is 10.6 Å². The van der Waals surface area contributed by atoms with Gasteiger partial charge < -0.3 is 0 Å². The van der Waals surface area contributed by atoms with Gasteiger partial charge in [-0.1, -0.05) is 53.6 Å². The summed E-state index contributed by atoms with van der Waals surface area (Å²) in [4.78, 5) is 0. The third-order valence-electron chi connectivity index (χ3n) is 2.55. The van der Waals surface area contributed by atoms with E-state index in [9.17, 15) is 0 Å². The molecular weight excluding hydrogens is 204 g/mol. The third-order valence-corrected chi connectivity index (χ3v) is 2.88. The molecule has 0 aromatic heterocycles. The van der Waals surface area contributed by atoms with Gasteiger partial charge in [-0.25, -0.2) is 0 Å². The molecule has 0 bridgehead atoms. The van der Waals surface area contributed by atoms with Crippen LogP contribution in [0.2, 0.25) is 5.02 Å². The lowest BCUT2D eigenvalue weighted by Crippen LogP contribution is -1.85. The van der Waals surface area contributed by atoms with Crippen LogP contribution in [0.15, 0.2) is 42.5 Å². The van der Waals surface area contributed by atoms with Crippen molar-refractivity contribution < 1.29 is 0 Å². The second-order valence-electron chi connectivity index (χ2n) is 3.80. The van der Waals surface area contributed by atoms with E-state index in [1.807, 2.05) is 18.2 Å². The van der Waals surface area contributed by atoms with Crippen molar-refractivity contribution in [3.63, 3.8) is 0 Å². The average molecular weight is 217 g/mol. The molecule has 0 N–H and O–H groups in total. The van der Waals surface area contributed by atoms with Gasteiger partial charge in [0.1, 0.15) is 0 Å². The Morgan fingerprint density at radius 2 is 1.60 bits per heavy atom. The Labute approximate surface area is 95.5 Å². The smallest absolute Gasteiger partial charge is 0.0484 e. The molecule has 0 nitrogen and oxygen atoms in total. The molecule has 0 saturated carbocycles. The maximum atomic E-state index is 6.17. The highest BCUT2D eigenvalue weighted by Crippen LogP contribution is 2.30. The second-order valence-corrected chi connectivity index (χ2v) is 4.21. The van der Waals surface area contributed by atoms with Gasteiger partial charge in [-0.3, -0.25) is 0 Å². The van der Waals surface area contributed by atoms with Crippen LogP contribution in [0.1, 0.15) is 11.1 Å². The van der Waals surface area contributed by atoms with E-state index < -0.39 is 0 Å².